The van der Waals surface area contributed by atoms with Crippen molar-refractivity contribution in [2.24, 2.45) is 0 Å². The smallest absolute Gasteiger partial charge is 0.119 e. The number of ether oxygens (including phenoxy) is 1. The molecule has 2 aromatic rings. The molecule has 0 spiro atoms. The Labute approximate surface area is 121 Å². The fraction of sp³-hybridized carbons (Fsp3) is 0.267. The lowest BCUT2D eigenvalue weighted by Gasteiger charge is -2.14. The largest absolute Gasteiger partial charge is 0.497 e. The van der Waals surface area contributed by atoms with Gasteiger partial charge in [0.2, 0.25) is 0 Å². The molecule has 0 aliphatic rings. The second-order valence-electron chi connectivity index (χ2n) is 4.43. The monoisotopic (exact) mass is 321 g/mol. The molecule has 1 N–H and O–H groups in total. The van der Waals surface area contributed by atoms with Crippen LogP contribution in [0, 0.1) is 6.92 Å². The van der Waals surface area contributed by atoms with Gasteiger partial charge in [-0.1, -0.05) is 22.0 Å². The summed E-state index contributed by atoms with van der Waals surface area (Å²) in [7, 11) is 1.61. The molecule has 2 rings (SSSR count). The van der Waals surface area contributed by atoms with E-state index < -0.39 is 6.10 Å². The Balaban J connectivity index is 2.19. The van der Waals surface area contributed by atoms with Crippen LogP contribution in [-0.2, 0) is 6.42 Å². The molecule has 0 fully saturated rings. The molecule has 19 heavy (non-hydrogen) atoms. The summed E-state index contributed by atoms with van der Waals surface area (Å²) < 4.78 is 6.05. The van der Waals surface area contributed by atoms with E-state index in [1.807, 2.05) is 43.5 Å². The highest BCUT2D eigenvalue weighted by Crippen LogP contribution is 2.29. The van der Waals surface area contributed by atoms with Crippen LogP contribution < -0.4 is 4.74 Å². The fourth-order valence-corrected chi connectivity index (χ4v) is 2.34. The van der Waals surface area contributed by atoms with E-state index in [-0.39, 0.29) is 0 Å². The van der Waals surface area contributed by atoms with E-state index in [1.165, 1.54) is 0 Å². The quantitative estimate of drug-likeness (QED) is 0.938. The number of methoxy groups -OCH3 is 1. The van der Waals surface area contributed by atoms with Crippen LogP contribution in [0.15, 0.2) is 41.0 Å². The predicted octanol–water partition coefficient (Wildman–Crippen LogP) is 3.44. The summed E-state index contributed by atoms with van der Waals surface area (Å²) in [6.07, 6.45) is 1.68. The minimum Gasteiger partial charge on any atom is -0.497 e. The first-order valence-corrected chi connectivity index (χ1v) is 6.82. The highest BCUT2D eigenvalue weighted by Gasteiger charge is 2.13. The van der Waals surface area contributed by atoms with Gasteiger partial charge in [0.15, 0.2) is 0 Å². The first kappa shape index (κ1) is 14.0. The van der Waals surface area contributed by atoms with Gasteiger partial charge >= 0.3 is 0 Å². The molecule has 0 aliphatic carbocycles. The summed E-state index contributed by atoms with van der Waals surface area (Å²) in [6, 6.07) is 9.50. The average molecular weight is 322 g/mol. The van der Waals surface area contributed by atoms with E-state index in [2.05, 4.69) is 20.9 Å². The third-order valence-corrected chi connectivity index (χ3v) is 3.66. The van der Waals surface area contributed by atoms with E-state index in [9.17, 15) is 5.11 Å². The number of hydrogen-bond donors (Lipinski definition) is 1. The average Bonchev–Trinajstić information content (AvgIpc) is 2.42. The lowest BCUT2D eigenvalue weighted by Crippen LogP contribution is -2.04. The maximum atomic E-state index is 10.3. The van der Waals surface area contributed by atoms with Gasteiger partial charge in [-0.2, -0.15) is 0 Å². The van der Waals surface area contributed by atoms with Gasteiger partial charge in [-0.05, 0) is 42.3 Å². The Morgan fingerprint density at radius 3 is 2.74 bits per heavy atom. The number of nitrogens with zero attached hydrogens (tertiary/aromatic N) is 1. The van der Waals surface area contributed by atoms with Crippen LogP contribution in [0.25, 0.3) is 0 Å². The number of hydrogen-bond acceptors (Lipinski definition) is 3. The van der Waals surface area contributed by atoms with Crippen molar-refractivity contribution in [3.63, 3.8) is 0 Å². The number of halogens is 1. The lowest BCUT2D eigenvalue weighted by atomic mass is 10.0. The van der Waals surface area contributed by atoms with Crippen molar-refractivity contribution in [3.8, 4) is 5.75 Å². The van der Waals surface area contributed by atoms with Gasteiger partial charge in [-0.15, -0.1) is 0 Å². The zero-order chi connectivity index (χ0) is 13.8. The minimum absolute atomic E-state index is 0.478. The molecular formula is C15H16BrNO2. The molecule has 0 saturated heterocycles. The molecule has 100 valence electrons. The Bertz CT molecular complexity index is 555. The van der Waals surface area contributed by atoms with Crippen LogP contribution in [0.5, 0.6) is 5.75 Å². The summed E-state index contributed by atoms with van der Waals surface area (Å²) in [4.78, 5) is 4.31. The highest BCUT2D eigenvalue weighted by molar-refractivity contribution is 9.10. The van der Waals surface area contributed by atoms with Gasteiger partial charge in [-0.3, -0.25) is 4.98 Å². The van der Waals surface area contributed by atoms with Crippen LogP contribution >= 0.6 is 15.9 Å². The van der Waals surface area contributed by atoms with Crippen LogP contribution in [0.2, 0.25) is 0 Å². The number of benzene rings is 1. The van der Waals surface area contributed by atoms with Crippen molar-refractivity contribution in [2.75, 3.05) is 7.11 Å². The van der Waals surface area contributed by atoms with E-state index in [0.29, 0.717) is 6.42 Å². The maximum Gasteiger partial charge on any atom is 0.119 e. The first-order chi connectivity index (χ1) is 9.10. The van der Waals surface area contributed by atoms with E-state index in [1.54, 1.807) is 7.11 Å². The number of pyridine rings is 1. The molecule has 0 radical (unpaired) electrons. The van der Waals surface area contributed by atoms with Gasteiger partial charge in [0.25, 0.3) is 0 Å². The van der Waals surface area contributed by atoms with Crippen LogP contribution in [0.4, 0.5) is 0 Å². The molecular weight excluding hydrogens is 306 g/mol. The minimum atomic E-state index is -0.611. The molecule has 1 aromatic heterocycles. The predicted molar refractivity (Wildman–Crippen MR) is 78.3 cm³/mol. The zero-order valence-electron chi connectivity index (χ0n) is 10.9. The maximum absolute atomic E-state index is 10.3. The van der Waals surface area contributed by atoms with Gasteiger partial charge in [-0.25, -0.2) is 0 Å². The second-order valence-corrected chi connectivity index (χ2v) is 5.29. The van der Waals surface area contributed by atoms with Crippen molar-refractivity contribution < 1.29 is 9.84 Å². The molecule has 1 aromatic carbocycles. The molecule has 0 saturated carbocycles. The molecule has 3 nitrogen and oxygen atoms in total. The van der Waals surface area contributed by atoms with Gasteiger partial charge in [0.1, 0.15) is 5.75 Å². The van der Waals surface area contributed by atoms with E-state index in [0.717, 1.165) is 27.0 Å². The van der Waals surface area contributed by atoms with Gasteiger partial charge in [0, 0.05) is 22.8 Å². The summed E-state index contributed by atoms with van der Waals surface area (Å²) in [5.41, 5.74) is 2.79. The second kappa shape index (κ2) is 6.17. The number of rotatable bonds is 4. The van der Waals surface area contributed by atoms with Crippen molar-refractivity contribution >= 4 is 15.9 Å². The van der Waals surface area contributed by atoms with E-state index in [4.69, 9.17) is 4.74 Å². The SMILES string of the molecule is COc1ccc(Br)c(C(O)Cc2ccc(C)cn2)c1. The number of aryl methyl sites for hydroxylation is 1. The van der Waals surface area contributed by atoms with Crippen LogP contribution in [-0.4, -0.2) is 17.2 Å². The highest BCUT2D eigenvalue weighted by atomic mass is 79.9. The third kappa shape index (κ3) is 3.55. The number of aromatic nitrogens is 1. The molecule has 0 amide bonds. The van der Waals surface area contributed by atoms with Crippen LogP contribution in [0.3, 0.4) is 0 Å². The Hall–Kier alpha value is -1.39. The summed E-state index contributed by atoms with van der Waals surface area (Å²) >= 11 is 3.45. The molecule has 1 heterocycles. The van der Waals surface area contributed by atoms with Crippen molar-refractivity contribution in [3.05, 3.63) is 57.8 Å². The molecule has 0 bridgehead atoms. The van der Waals surface area contributed by atoms with E-state index >= 15 is 0 Å². The summed E-state index contributed by atoms with van der Waals surface area (Å²) in [6.45, 7) is 1.99. The summed E-state index contributed by atoms with van der Waals surface area (Å²) in [5.74, 6) is 0.731. The van der Waals surface area contributed by atoms with Crippen LogP contribution in [0.1, 0.15) is 22.9 Å². The Morgan fingerprint density at radius 2 is 2.11 bits per heavy atom. The Kier molecular flexibility index (Phi) is 4.56. The lowest BCUT2D eigenvalue weighted by molar-refractivity contribution is 0.176. The normalized spacial score (nSPS) is 12.2. The van der Waals surface area contributed by atoms with Gasteiger partial charge in [0.05, 0.1) is 13.2 Å². The Morgan fingerprint density at radius 1 is 1.32 bits per heavy atom. The fourth-order valence-electron chi connectivity index (χ4n) is 1.83. The van der Waals surface area contributed by atoms with Crippen molar-refractivity contribution in [1.82, 2.24) is 4.98 Å². The van der Waals surface area contributed by atoms with Gasteiger partial charge < -0.3 is 9.84 Å². The number of aliphatic hydroxyl groups is 1. The molecule has 1 unspecified atom stereocenters. The topological polar surface area (TPSA) is 42.4 Å². The van der Waals surface area contributed by atoms with Crippen molar-refractivity contribution in [1.29, 1.82) is 0 Å². The molecule has 4 heteroatoms. The molecule has 0 aliphatic heterocycles. The molecule has 1 atom stereocenters. The zero-order valence-corrected chi connectivity index (χ0v) is 12.5. The third-order valence-electron chi connectivity index (χ3n) is 2.94. The summed E-state index contributed by atoms with van der Waals surface area (Å²) in [5, 5.41) is 10.3. The number of aliphatic hydroxyl groups excluding tert-OH is 1. The van der Waals surface area contributed by atoms with Crippen molar-refractivity contribution in [2.45, 2.75) is 19.4 Å². The first-order valence-electron chi connectivity index (χ1n) is 6.03. The standard InChI is InChI=1S/C15H16BrNO2/c1-10-3-4-11(17-9-10)7-15(18)13-8-12(19-2)5-6-14(13)16/h3-6,8-9,15,18H,7H2,1-2H3.